The molecule has 0 fully saturated rings. The van der Waals surface area contributed by atoms with E-state index in [0.717, 1.165) is 11.3 Å². The van der Waals surface area contributed by atoms with Crippen molar-refractivity contribution in [1.29, 1.82) is 0 Å². The van der Waals surface area contributed by atoms with E-state index in [1.165, 1.54) is 23.5 Å². The van der Waals surface area contributed by atoms with E-state index in [4.69, 9.17) is 11.6 Å². The van der Waals surface area contributed by atoms with Gasteiger partial charge in [0.1, 0.15) is 10.7 Å². The summed E-state index contributed by atoms with van der Waals surface area (Å²) in [5.74, 6) is -0.637. The minimum absolute atomic E-state index is 0.285. The van der Waals surface area contributed by atoms with Crippen LogP contribution in [0.5, 0.6) is 0 Å². The topological polar surface area (TPSA) is 46.9 Å². The highest BCUT2D eigenvalue weighted by atomic mass is 35.5. The molecule has 0 aliphatic carbocycles. The highest BCUT2D eigenvalue weighted by Crippen LogP contribution is 2.35. The molecule has 2 aromatic heterocycles. The fraction of sp³-hybridized carbons (Fsp3) is 0.0526. The number of halogens is 2. The second-order valence-electron chi connectivity index (χ2n) is 5.65. The van der Waals surface area contributed by atoms with Crippen molar-refractivity contribution in [3.05, 3.63) is 82.2 Å². The highest BCUT2D eigenvalue weighted by molar-refractivity contribution is 7.21. The Hall–Kier alpha value is -2.70. The summed E-state index contributed by atoms with van der Waals surface area (Å²) in [6.07, 6.45) is 3.55. The summed E-state index contributed by atoms with van der Waals surface area (Å²) in [6.45, 7) is 0.327. The highest BCUT2D eigenvalue weighted by Gasteiger charge is 2.17. The number of benzene rings is 2. The van der Waals surface area contributed by atoms with Gasteiger partial charge in [-0.1, -0.05) is 29.8 Å². The number of rotatable bonds is 4. The van der Waals surface area contributed by atoms with Gasteiger partial charge in [0.05, 0.1) is 10.7 Å². The molecular weight excluding hydrogens is 373 g/mol. The maximum atomic E-state index is 13.4. The molecule has 0 aliphatic rings. The molecule has 0 aliphatic heterocycles. The van der Waals surface area contributed by atoms with E-state index >= 15 is 0 Å². The maximum absolute atomic E-state index is 13.4. The van der Waals surface area contributed by atoms with Crippen molar-refractivity contribution in [1.82, 2.24) is 15.1 Å². The molecule has 0 spiro atoms. The van der Waals surface area contributed by atoms with Crippen LogP contribution in [0.4, 0.5) is 4.39 Å². The number of fused-ring (bicyclic) bond motifs is 1. The van der Waals surface area contributed by atoms with E-state index in [1.807, 2.05) is 36.5 Å². The van der Waals surface area contributed by atoms with Crippen LogP contribution in [0.25, 0.3) is 15.8 Å². The minimum atomic E-state index is -0.351. The number of aromatic nitrogens is 2. The molecule has 26 heavy (non-hydrogen) atoms. The summed E-state index contributed by atoms with van der Waals surface area (Å²) in [6, 6.07) is 13.8. The quantitative estimate of drug-likeness (QED) is 0.548. The minimum Gasteiger partial charge on any atom is -0.347 e. The molecule has 0 saturated carbocycles. The van der Waals surface area contributed by atoms with Crippen molar-refractivity contribution in [3.8, 4) is 5.69 Å². The van der Waals surface area contributed by atoms with Crippen LogP contribution < -0.4 is 5.32 Å². The molecule has 4 nitrogen and oxygen atoms in total. The van der Waals surface area contributed by atoms with Crippen LogP contribution in [0.3, 0.4) is 0 Å². The van der Waals surface area contributed by atoms with Crippen molar-refractivity contribution in [2.45, 2.75) is 6.54 Å². The third kappa shape index (κ3) is 3.09. The van der Waals surface area contributed by atoms with Crippen LogP contribution in [-0.2, 0) is 6.54 Å². The smallest absolute Gasteiger partial charge is 0.263 e. The predicted octanol–water partition coefficient (Wildman–Crippen LogP) is 4.81. The van der Waals surface area contributed by atoms with Gasteiger partial charge >= 0.3 is 0 Å². The van der Waals surface area contributed by atoms with E-state index in [1.54, 1.807) is 16.9 Å². The predicted molar refractivity (Wildman–Crippen MR) is 102 cm³/mol. The number of para-hydroxylation sites is 1. The lowest BCUT2D eigenvalue weighted by atomic mass is 10.1. The van der Waals surface area contributed by atoms with Crippen LogP contribution in [0, 0.1) is 5.82 Å². The maximum Gasteiger partial charge on any atom is 0.263 e. The van der Waals surface area contributed by atoms with E-state index in [0.29, 0.717) is 26.5 Å². The molecule has 2 aromatic carbocycles. The summed E-state index contributed by atoms with van der Waals surface area (Å²) in [7, 11) is 0. The first-order valence-corrected chi connectivity index (χ1v) is 9.06. The van der Waals surface area contributed by atoms with E-state index in [9.17, 15) is 9.18 Å². The van der Waals surface area contributed by atoms with Gasteiger partial charge in [-0.3, -0.25) is 4.79 Å². The molecule has 2 heterocycles. The SMILES string of the molecule is O=C(NCc1ccccc1-n1cccn1)c1sc2cc(F)ccc2c1Cl. The second-order valence-corrected chi connectivity index (χ2v) is 7.08. The molecule has 7 heteroatoms. The molecule has 0 unspecified atom stereocenters. The molecule has 1 N–H and O–H groups in total. The van der Waals surface area contributed by atoms with Crippen molar-refractivity contribution in [2.75, 3.05) is 0 Å². The number of hydrogen-bond acceptors (Lipinski definition) is 3. The zero-order valence-corrected chi connectivity index (χ0v) is 15.0. The van der Waals surface area contributed by atoms with Crippen LogP contribution >= 0.6 is 22.9 Å². The molecular formula is C19H13ClFN3OS. The Morgan fingerprint density at radius 1 is 1.23 bits per heavy atom. The van der Waals surface area contributed by atoms with Crippen LogP contribution in [0.1, 0.15) is 15.2 Å². The molecule has 4 aromatic rings. The number of thiophene rings is 1. The largest absolute Gasteiger partial charge is 0.347 e. The van der Waals surface area contributed by atoms with Crippen LogP contribution in [0.2, 0.25) is 5.02 Å². The van der Waals surface area contributed by atoms with Gasteiger partial charge < -0.3 is 5.32 Å². The average Bonchev–Trinajstić information content (AvgIpc) is 3.28. The lowest BCUT2D eigenvalue weighted by Crippen LogP contribution is -2.23. The summed E-state index contributed by atoms with van der Waals surface area (Å²) in [5, 5.41) is 8.15. The van der Waals surface area contributed by atoms with Gasteiger partial charge in [-0.25, -0.2) is 9.07 Å². The Bertz CT molecular complexity index is 1090. The first-order chi connectivity index (χ1) is 12.6. The van der Waals surface area contributed by atoms with Gasteiger partial charge in [0, 0.05) is 29.0 Å². The average molecular weight is 386 g/mol. The number of carbonyl (C=O) groups excluding carboxylic acids is 1. The van der Waals surface area contributed by atoms with Gasteiger partial charge in [-0.2, -0.15) is 5.10 Å². The van der Waals surface area contributed by atoms with Crippen molar-refractivity contribution in [3.63, 3.8) is 0 Å². The van der Waals surface area contributed by atoms with Crippen molar-refractivity contribution >= 4 is 38.9 Å². The Labute approximate surface area is 157 Å². The second kappa shape index (κ2) is 6.90. The first kappa shape index (κ1) is 16.8. The number of hydrogen-bond donors (Lipinski definition) is 1. The van der Waals surface area contributed by atoms with Gasteiger partial charge in [0.2, 0.25) is 0 Å². The molecule has 4 rings (SSSR count). The number of nitrogens with one attached hydrogen (secondary N) is 1. The number of amides is 1. The van der Waals surface area contributed by atoms with Gasteiger partial charge in [-0.15, -0.1) is 11.3 Å². The Morgan fingerprint density at radius 3 is 2.88 bits per heavy atom. The first-order valence-electron chi connectivity index (χ1n) is 7.87. The third-order valence-corrected chi connectivity index (χ3v) is 5.64. The standard InChI is InChI=1S/C19H13ClFN3OS/c20-17-14-7-6-13(21)10-16(14)26-18(17)19(25)22-11-12-4-1-2-5-15(12)24-9-3-8-23-24/h1-10H,11H2,(H,22,25). The van der Waals surface area contributed by atoms with Crippen molar-refractivity contribution in [2.24, 2.45) is 0 Å². The molecule has 130 valence electrons. The lowest BCUT2D eigenvalue weighted by Gasteiger charge is -2.10. The van der Waals surface area contributed by atoms with Crippen LogP contribution in [-0.4, -0.2) is 15.7 Å². The molecule has 0 bridgehead atoms. The molecule has 0 saturated heterocycles. The summed E-state index contributed by atoms with van der Waals surface area (Å²) < 4.78 is 15.8. The van der Waals surface area contributed by atoms with E-state index in [-0.39, 0.29) is 11.7 Å². The molecule has 1 amide bonds. The molecule has 0 radical (unpaired) electrons. The number of carbonyl (C=O) groups is 1. The normalized spacial score (nSPS) is 11.0. The Kier molecular flexibility index (Phi) is 4.44. The Morgan fingerprint density at radius 2 is 2.08 bits per heavy atom. The third-order valence-electron chi connectivity index (χ3n) is 3.98. The molecule has 0 atom stereocenters. The van der Waals surface area contributed by atoms with Gasteiger partial charge in [0.15, 0.2) is 0 Å². The van der Waals surface area contributed by atoms with Crippen LogP contribution in [0.15, 0.2) is 60.9 Å². The van der Waals surface area contributed by atoms with Gasteiger partial charge in [-0.05, 0) is 35.9 Å². The monoisotopic (exact) mass is 385 g/mol. The zero-order valence-electron chi connectivity index (χ0n) is 13.4. The van der Waals surface area contributed by atoms with E-state index < -0.39 is 0 Å². The van der Waals surface area contributed by atoms with E-state index in [2.05, 4.69) is 10.4 Å². The zero-order chi connectivity index (χ0) is 18.1. The van der Waals surface area contributed by atoms with Crippen molar-refractivity contribution < 1.29 is 9.18 Å². The summed E-state index contributed by atoms with van der Waals surface area (Å²) in [5.41, 5.74) is 1.81. The fourth-order valence-electron chi connectivity index (χ4n) is 2.74. The number of nitrogens with zero attached hydrogens (tertiary/aromatic N) is 2. The Balaban J connectivity index is 1.58. The van der Waals surface area contributed by atoms with Gasteiger partial charge in [0.25, 0.3) is 5.91 Å². The summed E-state index contributed by atoms with van der Waals surface area (Å²) >= 11 is 7.49. The summed E-state index contributed by atoms with van der Waals surface area (Å²) in [4.78, 5) is 13.0. The lowest BCUT2D eigenvalue weighted by molar-refractivity contribution is 0.0955. The fourth-order valence-corrected chi connectivity index (χ4v) is 4.19.